The van der Waals surface area contributed by atoms with Crippen molar-refractivity contribution in [2.75, 3.05) is 118 Å². The van der Waals surface area contributed by atoms with Crippen molar-refractivity contribution in [3.63, 3.8) is 0 Å². The van der Waals surface area contributed by atoms with Crippen LogP contribution < -0.4 is 10.6 Å². The first-order chi connectivity index (χ1) is 33.0. The van der Waals surface area contributed by atoms with Crippen molar-refractivity contribution in [3.8, 4) is 0 Å². The predicted octanol–water partition coefficient (Wildman–Crippen LogP) is -0.611. The summed E-state index contributed by atoms with van der Waals surface area (Å²) < 4.78 is 14.2. The van der Waals surface area contributed by atoms with Crippen molar-refractivity contribution in [1.82, 2.24) is 49.9 Å². The van der Waals surface area contributed by atoms with Gasteiger partial charge in [-0.15, -0.1) is 10.2 Å². The normalized spacial score (nSPS) is 25.7. The smallest absolute Gasteiger partial charge is 0.317 e. The van der Waals surface area contributed by atoms with Crippen LogP contribution in [0.3, 0.4) is 0 Å². The molecular weight excluding hydrogens is 901 g/mol. The highest BCUT2D eigenvalue weighted by Gasteiger charge is 2.42. The number of aromatic nitrogens is 3. The number of nitrogens with zero attached hydrogens (tertiary/aromatic N) is 8. The largest absolute Gasteiger partial charge is 0.480 e. The van der Waals surface area contributed by atoms with Crippen LogP contribution >= 0.6 is 0 Å². The number of piperidine rings is 1. The van der Waals surface area contributed by atoms with Crippen molar-refractivity contribution in [2.24, 2.45) is 11.8 Å². The average molecular weight is 979 g/mol. The lowest BCUT2D eigenvalue weighted by atomic mass is 9.72. The molecule has 2 saturated heterocycles. The summed E-state index contributed by atoms with van der Waals surface area (Å²) >= 11 is 0. The zero-order valence-electron chi connectivity index (χ0n) is 40.8. The van der Waals surface area contributed by atoms with Crippen LogP contribution in [0.1, 0.15) is 107 Å². The summed E-state index contributed by atoms with van der Waals surface area (Å²) in [5.41, 5.74) is 0. The van der Waals surface area contributed by atoms with Crippen LogP contribution in [-0.2, 0) is 33.4 Å². The summed E-state index contributed by atoms with van der Waals surface area (Å²) in [4.78, 5) is 82.6. The van der Waals surface area contributed by atoms with E-state index in [-0.39, 0.29) is 145 Å². The summed E-state index contributed by atoms with van der Waals surface area (Å²) in [5.74, 6) is -2.94. The van der Waals surface area contributed by atoms with E-state index in [9.17, 15) is 54.3 Å². The van der Waals surface area contributed by atoms with E-state index in [2.05, 4.69) is 34.7 Å². The van der Waals surface area contributed by atoms with E-state index in [1.807, 2.05) is 21.3 Å². The molecule has 390 valence electrons. The molecule has 0 aromatic carbocycles. The molecule has 4 aliphatic rings. The summed E-state index contributed by atoms with van der Waals surface area (Å²) in [6.45, 7) is 9.84. The fourth-order valence-corrected chi connectivity index (χ4v) is 10.2. The van der Waals surface area contributed by atoms with Gasteiger partial charge in [0.05, 0.1) is 70.2 Å². The van der Waals surface area contributed by atoms with Gasteiger partial charge in [-0.2, -0.15) is 0 Å². The SMILES string of the molecule is CCNC(=O)c1nnc(C2CC(C(C)C)C(O)CC2O)n1C1CCC(OC2CCN(C(=O)CCOCCNC(=O)CN3CCN(CC(=O)O)CCN(CC(=O)O)CCN(CC(=O)O)CC3)CC2)CC1. The molecule has 23 heteroatoms. The fraction of sp³-hybridized carbons (Fsp3) is 0.826. The third kappa shape index (κ3) is 17.8. The number of hydrogen-bond donors (Lipinski definition) is 7. The van der Waals surface area contributed by atoms with E-state index in [1.54, 1.807) is 14.7 Å². The number of aliphatic carboxylic acids is 3. The highest BCUT2D eigenvalue weighted by molar-refractivity contribution is 5.90. The number of carbonyl (C=O) groups is 6. The van der Waals surface area contributed by atoms with Crippen LogP contribution in [-0.4, -0.2) is 243 Å². The van der Waals surface area contributed by atoms with Gasteiger partial charge in [-0.05, 0) is 63.7 Å². The number of nitrogens with one attached hydrogen (secondary N) is 2. The minimum atomic E-state index is -1.03. The molecule has 5 rings (SSSR count). The molecular formula is C46H78N10O13. The molecule has 4 unspecified atom stereocenters. The zero-order chi connectivity index (χ0) is 50.0. The first-order valence-corrected chi connectivity index (χ1v) is 24.9. The molecule has 0 bridgehead atoms. The Kier molecular flexibility index (Phi) is 22.5. The van der Waals surface area contributed by atoms with Gasteiger partial charge < -0.3 is 55.1 Å². The van der Waals surface area contributed by atoms with Crippen LogP contribution in [0.25, 0.3) is 0 Å². The van der Waals surface area contributed by atoms with E-state index in [0.29, 0.717) is 58.1 Å². The molecule has 0 radical (unpaired) electrons. The van der Waals surface area contributed by atoms with Gasteiger partial charge in [-0.3, -0.25) is 48.4 Å². The standard InChI is InChI=1S/C46H78N10O13/c1-4-47-46(67)45-50-49-44(36-25-35(31(2)3)37(57)26-38(36)58)56(45)32-5-7-33(8-6-32)69-34-9-13-55(14-10-34)40(60)11-23-68-24-12-48-39(59)27-51-15-17-52(28-41(61)62)19-21-54(30-43(65)66)22-20-53(18-16-51)29-42(63)64/h31-38,57-58H,4-30H2,1-3H3,(H,47,67)(H,48,59)(H,61,62)(H,63,64)(H,65,66). The van der Waals surface area contributed by atoms with Gasteiger partial charge in [0.1, 0.15) is 5.82 Å². The number of rotatable bonds is 21. The molecule has 7 N–H and O–H groups in total. The Hall–Kier alpha value is -4.36. The van der Waals surface area contributed by atoms with E-state index in [1.165, 1.54) is 0 Å². The van der Waals surface area contributed by atoms with Gasteiger partial charge in [0, 0.05) is 96.9 Å². The van der Waals surface area contributed by atoms with Crippen molar-refractivity contribution >= 4 is 35.6 Å². The number of hydrogen-bond acceptors (Lipinski definition) is 16. The molecule has 3 heterocycles. The second-order valence-corrected chi connectivity index (χ2v) is 19.4. The maximum absolute atomic E-state index is 13.2. The summed E-state index contributed by atoms with van der Waals surface area (Å²) in [6.07, 6.45) is 4.19. The molecule has 1 aromatic rings. The number of amides is 3. The Bertz CT molecular complexity index is 1790. The van der Waals surface area contributed by atoms with E-state index in [4.69, 9.17) is 9.47 Å². The highest BCUT2D eigenvalue weighted by Crippen LogP contribution is 2.42. The quantitative estimate of drug-likeness (QED) is 0.0756. The van der Waals surface area contributed by atoms with Gasteiger partial charge in [-0.1, -0.05) is 13.8 Å². The van der Waals surface area contributed by atoms with Crippen molar-refractivity contribution in [1.29, 1.82) is 0 Å². The number of carboxylic acids is 3. The minimum absolute atomic E-state index is 0.0000868. The molecule has 4 atom stereocenters. The third-order valence-electron chi connectivity index (χ3n) is 14.0. The van der Waals surface area contributed by atoms with Gasteiger partial charge in [0.25, 0.3) is 5.91 Å². The lowest BCUT2D eigenvalue weighted by Crippen LogP contribution is -2.50. The van der Waals surface area contributed by atoms with E-state index < -0.39 is 30.1 Å². The first kappa shape index (κ1) is 55.6. The molecule has 1 aromatic heterocycles. The Morgan fingerprint density at radius 2 is 1.17 bits per heavy atom. The number of ether oxygens (including phenoxy) is 2. The average Bonchev–Trinajstić information content (AvgIpc) is 3.73. The maximum atomic E-state index is 13.2. The van der Waals surface area contributed by atoms with Crippen LogP contribution in [0.2, 0.25) is 0 Å². The lowest BCUT2D eigenvalue weighted by molar-refractivity contribution is -0.140. The molecule has 2 saturated carbocycles. The van der Waals surface area contributed by atoms with Crippen LogP contribution in [0.5, 0.6) is 0 Å². The monoisotopic (exact) mass is 979 g/mol. The summed E-state index contributed by atoms with van der Waals surface area (Å²) in [6, 6.07) is -0.0381. The molecule has 0 spiro atoms. The first-order valence-electron chi connectivity index (χ1n) is 24.9. The van der Waals surface area contributed by atoms with Gasteiger partial charge in [0.2, 0.25) is 17.6 Å². The second kappa shape index (κ2) is 27.9. The lowest BCUT2D eigenvalue weighted by Gasteiger charge is -2.40. The Morgan fingerprint density at radius 3 is 1.68 bits per heavy atom. The van der Waals surface area contributed by atoms with Crippen LogP contribution in [0, 0.1) is 11.8 Å². The Morgan fingerprint density at radius 1 is 0.652 bits per heavy atom. The highest BCUT2D eigenvalue weighted by atomic mass is 16.5. The van der Waals surface area contributed by atoms with Gasteiger partial charge in [0.15, 0.2) is 0 Å². The molecule has 2 aliphatic carbocycles. The van der Waals surface area contributed by atoms with E-state index in [0.717, 1.165) is 38.5 Å². The molecule has 3 amide bonds. The summed E-state index contributed by atoms with van der Waals surface area (Å²) in [5, 5.41) is 64.7. The van der Waals surface area contributed by atoms with Crippen molar-refractivity contribution < 1.29 is 63.8 Å². The number of carboxylic acid groups (broad SMARTS) is 3. The number of carbonyl (C=O) groups excluding carboxylic acids is 3. The maximum Gasteiger partial charge on any atom is 0.317 e. The van der Waals surface area contributed by atoms with Crippen molar-refractivity contribution in [3.05, 3.63) is 11.6 Å². The van der Waals surface area contributed by atoms with Gasteiger partial charge >= 0.3 is 17.9 Å². The third-order valence-corrected chi connectivity index (χ3v) is 14.0. The second-order valence-electron chi connectivity index (χ2n) is 19.4. The molecule has 2 aliphatic heterocycles. The molecule has 4 fully saturated rings. The Labute approximate surface area is 404 Å². The summed E-state index contributed by atoms with van der Waals surface area (Å²) in [7, 11) is 0. The van der Waals surface area contributed by atoms with Crippen LogP contribution in [0.4, 0.5) is 0 Å². The fourth-order valence-electron chi connectivity index (χ4n) is 10.2. The topological polar surface area (TPSA) is 293 Å². The Balaban J connectivity index is 1.00. The zero-order valence-corrected chi connectivity index (χ0v) is 40.8. The number of likely N-dealkylation sites (tertiary alicyclic amines) is 1. The molecule has 69 heavy (non-hydrogen) atoms. The van der Waals surface area contributed by atoms with Gasteiger partial charge in [-0.25, -0.2) is 0 Å². The minimum Gasteiger partial charge on any atom is -0.480 e. The predicted molar refractivity (Wildman–Crippen MR) is 249 cm³/mol. The number of aliphatic hydroxyl groups excluding tert-OH is 2. The van der Waals surface area contributed by atoms with Crippen LogP contribution in [0.15, 0.2) is 0 Å². The van der Waals surface area contributed by atoms with Crippen molar-refractivity contribution in [2.45, 2.75) is 115 Å². The molecule has 23 nitrogen and oxygen atoms in total. The van der Waals surface area contributed by atoms with E-state index >= 15 is 0 Å². The number of aliphatic hydroxyl groups is 2.